The van der Waals surface area contributed by atoms with Gasteiger partial charge in [0.05, 0.1) is 12.0 Å². The van der Waals surface area contributed by atoms with E-state index in [4.69, 9.17) is 0 Å². The third kappa shape index (κ3) is 5.12. The van der Waals surface area contributed by atoms with Crippen LogP contribution < -0.4 is 5.32 Å². The highest BCUT2D eigenvalue weighted by molar-refractivity contribution is 5.94. The number of halogens is 3. The van der Waals surface area contributed by atoms with E-state index >= 15 is 0 Å². The summed E-state index contributed by atoms with van der Waals surface area (Å²) in [7, 11) is 0. The van der Waals surface area contributed by atoms with Crippen molar-refractivity contribution in [2.24, 2.45) is 0 Å². The average Bonchev–Trinajstić information content (AvgIpc) is 3.20. The second-order valence-electron chi connectivity index (χ2n) is 6.85. The molecule has 3 rings (SSSR count). The monoisotopic (exact) mass is 390 g/mol. The van der Waals surface area contributed by atoms with Crippen molar-refractivity contribution in [3.05, 3.63) is 70.8 Å². The predicted octanol–water partition coefficient (Wildman–Crippen LogP) is 3.80. The van der Waals surface area contributed by atoms with Crippen molar-refractivity contribution in [1.82, 2.24) is 10.2 Å². The molecule has 0 radical (unpaired) electrons. The van der Waals surface area contributed by atoms with E-state index in [1.165, 1.54) is 12.1 Å². The van der Waals surface area contributed by atoms with Crippen molar-refractivity contribution in [1.29, 1.82) is 0 Å². The molecule has 2 aromatic rings. The van der Waals surface area contributed by atoms with E-state index < -0.39 is 11.7 Å². The molecule has 0 unspecified atom stereocenters. The summed E-state index contributed by atoms with van der Waals surface area (Å²) >= 11 is 0. The topological polar surface area (TPSA) is 49.4 Å². The Hall–Kier alpha value is -2.83. The van der Waals surface area contributed by atoms with E-state index in [9.17, 15) is 22.8 Å². The lowest BCUT2D eigenvalue weighted by Gasteiger charge is -2.15. The number of nitrogens with zero attached hydrogens (tertiary/aromatic N) is 1. The molecule has 1 aliphatic rings. The van der Waals surface area contributed by atoms with Crippen LogP contribution in [0.15, 0.2) is 48.5 Å². The summed E-state index contributed by atoms with van der Waals surface area (Å²) in [6, 6.07) is 11.8. The number of carbonyl (C=O) groups excluding carboxylic acids is 2. The first-order valence-electron chi connectivity index (χ1n) is 9.14. The molecule has 0 aromatic heterocycles. The summed E-state index contributed by atoms with van der Waals surface area (Å²) in [5.74, 6) is -0.353. The molecule has 0 saturated carbocycles. The van der Waals surface area contributed by atoms with Gasteiger partial charge in [0.1, 0.15) is 0 Å². The molecule has 0 aliphatic carbocycles. The zero-order valence-electron chi connectivity index (χ0n) is 15.3. The molecule has 0 spiro atoms. The zero-order chi connectivity index (χ0) is 20.1. The van der Waals surface area contributed by atoms with Crippen molar-refractivity contribution in [2.75, 3.05) is 13.1 Å². The van der Waals surface area contributed by atoms with Crippen molar-refractivity contribution in [2.45, 2.75) is 32.0 Å². The summed E-state index contributed by atoms with van der Waals surface area (Å²) in [5, 5.41) is 2.69. The maximum absolute atomic E-state index is 12.7. The Balaban J connectivity index is 1.52. The number of nitrogens with one attached hydrogen (secondary N) is 1. The minimum absolute atomic E-state index is 0.0117. The first-order valence-corrected chi connectivity index (χ1v) is 9.14. The first kappa shape index (κ1) is 19.9. The molecule has 0 bridgehead atoms. The Morgan fingerprint density at radius 2 is 1.64 bits per heavy atom. The predicted molar refractivity (Wildman–Crippen MR) is 98.6 cm³/mol. The van der Waals surface area contributed by atoms with Crippen LogP contribution in [-0.4, -0.2) is 29.8 Å². The number of likely N-dealkylation sites (tertiary alicyclic amines) is 1. The highest BCUT2D eigenvalue weighted by Crippen LogP contribution is 2.29. The van der Waals surface area contributed by atoms with E-state index in [2.05, 4.69) is 5.32 Å². The molecule has 4 nitrogen and oxygen atoms in total. The average molecular weight is 390 g/mol. The van der Waals surface area contributed by atoms with Crippen LogP contribution in [0, 0.1) is 0 Å². The van der Waals surface area contributed by atoms with E-state index in [1.54, 1.807) is 24.3 Å². The van der Waals surface area contributed by atoms with Gasteiger partial charge in [0, 0.05) is 25.2 Å². The molecule has 28 heavy (non-hydrogen) atoms. The van der Waals surface area contributed by atoms with Gasteiger partial charge >= 0.3 is 6.18 Å². The molecule has 2 amide bonds. The van der Waals surface area contributed by atoms with Crippen LogP contribution in [0.1, 0.15) is 39.9 Å². The lowest BCUT2D eigenvalue weighted by molar-refractivity contribution is -0.137. The number of hydrogen-bond acceptors (Lipinski definition) is 2. The van der Waals surface area contributed by atoms with Gasteiger partial charge in [-0.1, -0.05) is 30.3 Å². The normalized spacial score (nSPS) is 14.2. The van der Waals surface area contributed by atoms with E-state index in [0.717, 1.165) is 43.6 Å². The van der Waals surface area contributed by atoms with Gasteiger partial charge in [-0.3, -0.25) is 9.59 Å². The maximum atomic E-state index is 12.7. The number of alkyl halides is 3. The number of amides is 2. The van der Waals surface area contributed by atoms with Crippen molar-refractivity contribution in [3.8, 4) is 0 Å². The molecule has 7 heteroatoms. The molecule has 1 aliphatic heterocycles. The van der Waals surface area contributed by atoms with Crippen LogP contribution in [0.25, 0.3) is 0 Å². The van der Waals surface area contributed by atoms with Gasteiger partial charge < -0.3 is 10.2 Å². The maximum Gasteiger partial charge on any atom is 0.416 e. The SMILES string of the molecule is O=C(Cc1cccc(C(F)(F)F)c1)NCc1ccc(C(=O)N2CCCC2)cc1. The van der Waals surface area contributed by atoms with Gasteiger partial charge in [0.2, 0.25) is 5.91 Å². The minimum atomic E-state index is -4.43. The standard InChI is InChI=1S/C21H21F3N2O2/c22-21(23,24)18-5-3-4-16(12-18)13-19(27)25-14-15-6-8-17(9-7-15)20(28)26-10-1-2-11-26/h3-9,12H,1-2,10-11,13-14H2,(H,25,27). The molecule has 1 fully saturated rings. The molecule has 1 heterocycles. The Bertz CT molecular complexity index is 841. The molecule has 0 atom stereocenters. The molecule has 2 aromatic carbocycles. The summed E-state index contributed by atoms with van der Waals surface area (Å²) in [5.41, 5.74) is 0.964. The highest BCUT2D eigenvalue weighted by atomic mass is 19.4. The number of hydrogen-bond donors (Lipinski definition) is 1. The molecular formula is C21H21F3N2O2. The van der Waals surface area contributed by atoms with Crippen LogP contribution in [0.2, 0.25) is 0 Å². The summed E-state index contributed by atoms with van der Waals surface area (Å²) < 4.78 is 38.2. The molecular weight excluding hydrogens is 369 g/mol. The zero-order valence-corrected chi connectivity index (χ0v) is 15.3. The largest absolute Gasteiger partial charge is 0.416 e. The second-order valence-corrected chi connectivity index (χ2v) is 6.85. The van der Waals surface area contributed by atoms with Gasteiger partial charge in [-0.15, -0.1) is 0 Å². The van der Waals surface area contributed by atoms with Crippen LogP contribution in [-0.2, 0) is 23.9 Å². The smallest absolute Gasteiger partial charge is 0.352 e. The third-order valence-corrected chi connectivity index (χ3v) is 4.70. The highest BCUT2D eigenvalue weighted by Gasteiger charge is 2.30. The minimum Gasteiger partial charge on any atom is -0.352 e. The van der Waals surface area contributed by atoms with Gasteiger partial charge in [-0.25, -0.2) is 0 Å². The van der Waals surface area contributed by atoms with Crippen molar-refractivity contribution in [3.63, 3.8) is 0 Å². The first-order chi connectivity index (χ1) is 13.3. The molecule has 1 saturated heterocycles. The Morgan fingerprint density at radius 3 is 2.29 bits per heavy atom. The Labute approximate surface area is 161 Å². The molecule has 148 valence electrons. The van der Waals surface area contributed by atoms with Crippen molar-refractivity contribution >= 4 is 11.8 Å². The van der Waals surface area contributed by atoms with E-state index in [1.807, 2.05) is 4.90 Å². The summed E-state index contributed by atoms with van der Waals surface area (Å²) in [4.78, 5) is 26.2. The fourth-order valence-electron chi connectivity index (χ4n) is 3.17. The van der Waals surface area contributed by atoms with Crippen LogP contribution in [0.5, 0.6) is 0 Å². The lowest BCUT2D eigenvalue weighted by Crippen LogP contribution is -2.27. The van der Waals surface area contributed by atoms with Crippen LogP contribution in [0.4, 0.5) is 13.2 Å². The van der Waals surface area contributed by atoms with Crippen LogP contribution in [0.3, 0.4) is 0 Å². The second kappa shape index (κ2) is 8.46. The van der Waals surface area contributed by atoms with Gasteiger partial charge in [0.15, 0.2) is 0 Å². The third-order valence-electron chi connectivity index (χ3n) is 4.70. The van der Waals surface area contributed by atoms with Crippen LogP contribution >= 0.6 is 0 Å². The van der Waals surface area contributed by atoms with Gasteiger partial charge in [0.25, 0.3) is 5.91 Å². The quantitative estimate of drug-likeness (QED) is 0.844. The van der Waals surface area contributed by atoms with E-state index in [0.29, 0.717) is 11.1 Å². The number of benzene rings is 2. The fourth-order valence-corrected chi connectivity index (χ4v) is 3.17. The number of carbonyl (C=O) groups is 2. The Kier molecular flexibility index (Phi) is 6.02. The number of rotatable bonds is 5. The lowest BCUT2D eigenvalue weighted by atomic mass is 10.1. The fraction of sp³-hybridized carbons (Fsp3) is 0.333. The Morgan fingerprint density at radius 1 is 0.964 bits per heavy atom. The van der Waals surface area contributed by atoms with E-state index in [-0.39, 0.29) is 24.8 Å². The van der Waals surface area contributed by atoms with Gasteiger partial charge in [-0.05, 0) is 42.2 Å². The van der Waals surface area contributed by atoms with Crippen molar-refractivity contribution < 1.29 is 22.8 Å². The van der Waals surface area contributed by atoms with Gasteiger partial charge in [-0.2, -0.15) is 13.2 Å². The summed E-state index contributed by atoms with van der Waals surface area (Å²) in [6.07, 6.45) is -2.50. The molecule has 1 N–H and O–H groups in total. The summed E-state index contributed by atoms with van der Waals surface area (Å²) in [6.45, 7) is 1.81.